The van der Waals surface area contributed by atoms with E-state index < -0.39 is 23.5 Å². The Morgan fingerprint density at radius 1 is 0.667 bits per heavy atom. The summed E-state index contributed by atoms with van der Waals surface area (Å²) in [4.78, 5) is 29.9. The Hall–Kier alpha value is -2.90. The largest absolute Gasteiger partial charge is 0.516 e. The van der Waals surface area contributed by atoms with Crippen LogP contribution < -0.4 is 0 Å². The molecular formula is C20H24O7. The highest BCUT2D eigenvalue weighted by Crippen LogP contribution is 2.31. The van der Waals surface area contributed by atoms with E-state index in [0.717, 1.165) is 11.1 Å². The molecule has 2 N–H and O–H groups in total. The number of hydrogen-bond donors (Lipinski definition) is 2. The molecule has 7 heteroatoms. The second kappa shape index (κ2) is 9.70. The number of carbonyl (C=O) groups is 2. The van der Waals surface area contributed by atoms with Crippen LogP contribution >= 0.6 is 0 Å². The van der Waals surface area contributed by atoms with Crippen molar-refractivity contribution in [1.82, 2.24) is 0 Å². The van der Waals surface area contributed by atoms with Crippen molar-refractivity contribution in [2.75, 3.05) is 0 Å². The van der Waals surface area contributed by atoms with Crippen LogP contribution in [0.25, 0.3) is 0 Å². The van der Waals surface area contributed by atoms with Crippen molar-refractivity contribution in [3.05, 3.63) is 71.8 Å². The first-order valence-electron chi connectivity index (χ1n) is 8.16. The van der Waals surface area contributed by atoms with E-state index in [1.54, 1.807) is 0 Å². The van der Waals surface area contributed by atoms with Crippen LogP contribution in [-0.2, 0) is 25.7 Å². The van der Waals surface area contributed by atoms with Gasteiger partial charge in [0.2, 0.25) is 0 Å². The molecule has 0 bridgehead atoms. The first-order chi connectivity index (χ1) is 12.5. The van der Waals surface area contributed by atoms with Crippen LogP contribution in [0.5, 0.6) is 0 Å². The third kappa shape index (κ3) is 7.89. The average Bonchev–Trinajstić information content (AvgIpc) is 2.61. The highest BCUT2D eigenvalue weighted by molar-refractivity contribution is 5.74. The molecule has 0 aliphatic carbocycles. The van der Waals surface area contributed by atoms with Gasteiger partial charge in [-0.2, -0.15) is 0 Å². The Morgan fingerprint density at radius 3 is 1.19 bits per heavy atom. The summed E-state index contributed by atoms with van der Waals surface area (Å²) in [5.74, 6) is 0. The SMILES string of the molecule is CC(C)(OOC(C)(C)c1ccccc1)c1ccccc1.O=C(O)OC(=O)O. The van der Waals surface area contributed by atoms with Gasteiger partial charge in [-0.15, -0.1) is 0 Å². The Kier molecular flexibility index (Phi) is 7.96. The minimum atomic E-state index is -1.81. The lowest BCUT2D eigenvalue weighted by Crippen LogP contribution is -2.29. The molecule has 0 radical (unpaired) electrons. The van der Waals surface area contributed by atoms with Crippen LogP contribution in [0.3, 0.4) is 0 Å². The zero-order valence-electron chi connectivity index (χ0n) is 15.7. The highest BCUT2D eigenvalue weighted by atomic mass is 17.2. The first-order valence-corrected chi connectivity index (χ1v) is 8.16. The van der Waals surface area contributed by atoms with Gasteiger partial charge < -0.3 is 14.9 Å². The van der Waals surface area contributed by atoms with Crippen LogP contribution in [0.4, 0.5) is 9.59 Å². The molecule has 0 heterocycles. The van der Waals surface area contributed by atoms with Gasteiger partial charge in [0.1, 0.15) is 11.2 Å². The lowest BCUT2D eigenvalue weighted by atomic mass is 9.98. The van der Waals surface area contributed by atoms with E-state index >= 15 is 0 Å². The first kappa shape index (κ1) is 22.1. The zero-order chi connectivity index (χ0) is 20.5. The fourth-order valence-corrected chi connectivity index (χ4v) is 2.06. The summed E-state index contributed by atoms with van der Waals surface area (Å²) in [5.41, 5.74) is 1.19. The van der Waals surface area contributed by atoms with Gasteiger partial charge >= 0.3 is 12.3 Å². The van der Waals surface area contributed by atoms with Gasteiger partial charge in [-0.3, -0.25) is 0 Å². The second-order valence-electron chi connectivity index (χ2n) is 6.55. The third-order valence-electron chi connectivity index (χ3n) is 3.57. The van der Waals surface area contributed by atoms with Crippen LogP contribution in [-0.4, -0.2) is 22.5 Å². The Balaban J connectivity index is 0.000000445. The average molecular weight is 376 g/mol. The standard InChI is InChI=1S/C18H22O2.C2H2O5/c1-17(2,15-11-7-5-8-12-15)19-20-18(3,4)16-13-9-6-10-14-16;3-1(4)7-2(5)6/h5-14H,1-4H3;(H,3,4)(H,5,6). The molecule has 0 spiro atoms. The van der Waals surface area contributed by atoms with Gasteiger partial charge in [-0.05, 0) is 38.8 Å². The molecule has 146 valence electrons. The predicted molar refractivity (Wildman–Crippen MR) is 98.2 cm³/mol. The van der Waals surface area contributed by atoms with E-state index in [4.69, 9.17) is 20.0 Å². The molecule has 2 aromatic carbocycles. The van der Waals surface area contributed by atoms with Crippen molar-refractivity contribution < 1.29 is 34.3 Å². The summed E-state index contributed by atoms with van der Waals surface area (Å²) in [5, 5.41) is 15.0. The molecule has 0 atom stereocenters. The molecule has 0 aliphatic rings. The summed E-state index contributed by atoms with van der Waals surface area (Å²) in [6.45, 7) is 8.01. The number of carboxylic acid groups (broad SMARTS) is 2. The lowest BCUT2D eigenvalue weighted by Gasteiger charge is -2.31. The van der Waals surface area contributed by atoms with Crippen molar-refractivity contribution in [1.29, 1.82) is 0 Å². The molecule has 0 unspecified atom stereocenters. The lowest BCUT2D eigenvalue weighted by molar-refractivity contribution is -0.410. The Morgan fingerprint density at radius 2 is 0.963 bits per heavy atom. The second-order valence-corrected chi connectivity index (χ2v) is 6.55. The topological polar surface area (TPSA) is 102 Å². The number of hydrogen-bond acceptors (Lipinski definition) is 5. The maximum atomic E-state index is 9.21. The minimum Gasteiger partial charge on any atom is -0.449 e. The Bertz CT molecular complexity index is 661. The van der Waals surface area contributed by atoms with E-state index in [0.29, 0.717) is 0 Å². The molecule has 0 saturated carbocycles. The van der Waals surface area contributed by atoms with Crippen LogP contribution in [0.15, 0.2) is 60.7 Å². The van der Waals surface area contributed by atoms with Gasteiger partial charge in [0.05, 0.1) is 0 Å². The fraction of sp³-hybridized carbons (Fsp3) is 0.300. The summed E-state index contributed by atoms with van der Waals surface area (Å²) in [6.07, 6.45) is -3.62. The number of rotatable bonds is 5. The molecule has 0 amide bonds. The molecule has 7 nitrogen and oxygen atoms in total. The molecular weight excluding hydrogens is 352 g/mol. The summed E-state index contributed by atoms with van der Waals surface area (Å²) >= 11 is 0. The van der Waals surface area contributed by atoms with E-state index in [-0.39, 0.29) is 0 Å². The van der Waals surface area contributed by atoms with E-state index in [1.807, 2.05) is 88.4 Å². The molecule has 2 aromatic rings. The van der Waals surface area contributed by atoms with E-state index in [9.17, 15) is 9.59 Å². The van der Waals surface area contributed by atoms with E-state index in [1.165, 1.54) is 0 Å². The Labute approximate surface area is 158 Å². The van der Waals surface area contributed by atoms with Gasteiger partial charge in [0, 0.05) is 0 Å². The fourth-order valence-electron chi connectivity index (χ4n) is 2.06. The van der Waals surface area contributed by atoms with Crippen LogP contribution in [0, 0.1) is 0 Å². The van der Waals surface area contributed by atoms with Crippen LogP contribution in [0.1, 0.15) is 38.8 Å². The van der Waals surface area contributed by atoms with Gasteiger partial charge in [-0.1, -0.05) is 60.7 Å². The van der Waals surface area contributed by atoms with Gasteiger partial charge in [0.25, 0.3) is 0 Å². The monoisotopic (exact) mass is 376 g/mol. The van der Waals surface area contributed by atoms with Gasteiger partial charge in [-0.25, -0.2) is 19.4 Å². The van der Waals surface area contributed by atoms with Crippen molar-refractivity contribution >= 4 is 12.3 Å². The minimum absolute atomic E-state index is 0.493. The number of benzene rings is 2. The summed E-state index contributed by atoms with van der Waals surface area (Å²) in [6, 6.07) is 20.2. The quantitative estimate of drug-likeness (QED) is 0.321. The van der Waals surface area contributed by atoms with Crippen LogP contribution in [0.2, 0.25) is 0 Å². The predicted octanol–water partition coefficient (Wildman–Crippen LogP) is 5.16. The highest BCUT2D eigenvalue weighted by Gasteiger charge is 2.29. The molecule has 0 aliphatic heterocycles. The van der Waals surface area contributed by atoms with Crippen molar-refractivity contribution in [3.8, 4) is 0 Å². The van der Waals surface area contributed by atoms with Crippen molar-refractivity contribution in [2.24, 2.45) is 0 Å². The molecule has 0 fully saturated rings. The van der Waals surface area contributed by atoms with Crippen molar-refractivity contribution in [2.45, 2.75) is 38.9 Å². The van der Waals surface area contributed by atoms with Gasteiger partial charge in [0.15, 0.2) is 0 Å². The summed E-state index contributed by atoms with van der Waals surface area (Å²) in [7, 11) is 0. The molecule has 0 saturated heterocycles. The zero-order valence-corrected chi connectivity index (χ0v) is 15.7. The maximum Gasteiger partial charge on any atom is 0.516 e. The summed E-state index contributed by atoms with van der Waals surface area (Å²) < 4.78 is 3.08. The maximum absolute atomic E-state index is 9.21. The number of ether oxygens (including phenoxy) is 1. The molecule has 2 rings (SSSR count). The van der Waals surface area contributed by atoms with E-state index in [2.05, 4.69) is 4.74 Å². The molecule has 0 aromatic heterocycles. The normalized spacial score (nSPS) is 11.1. The smallest absolute Gasteiger partial charge is 0.449 e. The third-order valence-corrected chi connectivity index (χ3v) is 3.57. The van der Waals surface area contributed by atoms with Crippen molar-refractivity contribution in [3.63, 3.8) is 0 Å². The molecule has 27 heavy (non-hydrogen) atoms.